The lowest BCUT2D eigenvalue weighted by molar-refractivity contribution is 0.204. The second-order valence-electron chi connectivity index (χ2n) is 3.02. The van der Waals surface area contributed by atoms with Gasteiger partial charge in [-0.1, -0.05) is 0 Å². The summed E-state index contributed by atoms with van der Waals surface area (Å²) < 4.78 is 30.7. The van der Waals surface area contributed by atoms with Gasteiger partial charge in [-0.2, -0.15) is 0 Å². The molecule has 6 nitrogen and oxygen atoms in total. The second kappa shape index (κ2) is 5.78. The maximum atomic E-state index is 11.8. The Morgan fingerprint density at radius 3 is 2.88 bits per heavy atom. The summed E-state index contributed by atoms with van der Waals surface area (Å²) in [4.78, 5) is 4.12. The van der Waals surface area contributed by atoms with E-state index < -0.39 is 10.0 Å². The Kier molecular flexibility index (Phi) is 4.66. The molecule has 1 rings (SSSR count). The summed E-state index contributed by atoms with van der Waals surface area (Å²) in [6.07, 6.45) is 1.44. The fourth-order valence-electron chi connectivity index (χ4n) is 1.08. The highest BCUT2D eigenvalue weighted by molar-refractivity contribution is 7.89. The number of pyridine rings is 1. The van der Waals surface area contributed by atoms with E-state index in [-0.39, 0.29) is 11.4 Å². The third kappa shape index (κ3) is 3.44. The summed E-state index contributed by atoms with van der Waals surface area (Å²) in [6.45, 7) is 0.583. The normalized spacial score (nSPS) is 11.4. The zero-order valence-corrected chi connectivity index (χ0v) is 10.0. The Morgan fingerprint density at radius 2 is 2.25 bits per heavy atom. The molecule has 16 heavy (non-hydrogen) atoms. The molecule has 0 saturated carbocycles. The molecule has 0 radical (unpaired) electrons. The van der Waals surface area contributed by atoms with Crippen LogP contribution < -0.4 is 10.0 Å². The zero-order chi connectivity index (χ0) is 12.0. The largest absolute Gasteiger partial charge is 0.383 e. The molecule has 0 bridgehead atoms. The van der Waals surface area contributed by atoms with Gasteiger partial charge in [0, 0.05) is 33.0 Å². The molecule has 7 heteroatoms. The molecule has 1 aromatic rings. The van der Waals surface area contributed by atoms with E-state index in [2.05, 4.69) is 15.0 Å². The molecule has 2 N–H and O–H groups in total. The minimum atomic E-state index is -3.48. The molecular formula is C9H15N3O3S. The standard InChI is InChI=1S/C9H15N3O3S/c1-10-9-7-8(3-4-11-9)16(13,14)12-5-6-15-2/h3-4,7,12H,5-6H2,1-2H3,(H,10,11). The first-order valence-electron chi connectivity index (χ1n) is 4.72. The number of ether oxygens (including phenoxy) is 1. The number of nitrogens with one attached hydrogen (secondary N) is 2. The lowest BCUT2D eigenvalue weighted by atomic mass is 10.5. The van der Waals surface area contributed by atoms with E-state index in [0.717, 1.165) is 0 Å². The van der Waals surface area contributed by atoms with Crippen molar-refractivity contribution in [3.8, 4) is 0 Å². The van der Waals surface area contributed by atoms with E-state index in [0.29, 0.717) is 12.4 Å². The number of hydrogen-bond donors (Lipinski definition) is 2. The summed E-state index contributed by atoms with van der Waals surface area (Å²) >= 11 is 0. The van der Waals surface area contributed by atoms with E-state index in [1.54, 1.807) is 7.05 Å². The molecule has 0 fully saturated rings. The van der Waals surface area contributed by atoms with Gasteiger partial charge in [0.25, 0.3) is 0 Å². The van der Waals surface area contributed by atoms with Crippen LogP contribution in [0.25, 0.3) is 0 Å². The molecular weight excluding hydrogens is 230 g/mol. The van der Waals surface area contributed by atoms with E-state index >= 15 is 0 Å². The maximum Gasteiger partial charge on any atom is 0.240 e. The van der Waals surface area contributed by atoms with Crippen LogP contribution in [-0.4, -0.2) is 40.7 Å². The Labute approximate surface area is 95.1 Å². The molecule has 0 unspecified atom stereocenters. The summed E-state index contributed by atoms with van der Waals surface area (Å²) in [5, 5.41) is 2.78. The van der Waals surface area contributed by atoms with Gasteiger partial charge in [-0.25, -0.2) is 18.1 Å². The maximum absolute atomic E-state index is 11.8. The number of rotatable bonds is 6. The third-order valence-electron chi connectivity index (χ3n) is 1.90. The predicted octanol–water partition coefficient (Wildman–Crippen LogP) is 0.0480. The second-order valence-corrected chi connectivity index (χ2v) is 4.78. The van der Waals surface area contributed by atoms with Crippen molar-refractivity contribution in [3.63, 3.8) is 0 Å². The average Bonchev–Trinajstić information content (AvgIpc) is 2.29. The summed E-state index contributed by atoms with van der Waals surface area (Å²) in [6, 6.07) is 2.91. The Balaban J connectivity index is 2.81. The SMILES string of the molecule is CNc1cc(S(=O)(=O)NCCOC)ccn1. The topological polar surface area (TPSA) is 80.3 Å². The highest BCUT2D eigenvalue weighted by Gasteiger charge is 2.13. The molecule has 0 amide bonds. The Morgan fingerprint density at radius 1 is 1.50 bits per heavy atom. The van der Waals surface area contributed by atoms with E-state index in [4.69, 9.17) is 4.74 Å². The number of hydrogen-bond acceptors (Lipinski definition) is 5. The zero-order valence-electron chi connectivity index (χ0n) is 9.23. The molecule has 0 aliphatic heterocycles. The predicted molar refractivity (Wildman–Crippen MR) is 60.8 cm³/mol. The van der Waals surface area contributed by atoms with Crippen LogP contribution in [0.5, 0.6) is 0 Å². The summed E-state index contributed by atoms with van der Waals surface area (Å²) in [7, 11) is -0.284. The van der Waals surface area contributed by atoms with Gasteiger partial charge in [0.05, 0.1) is 11.5 Å². The highest BCUT2D eigenvalue weighted by Crippen LogP contribution is 2.11. The van der Waals surface area contributed by atoms with Crippen LogP contribution in [0, 0.1) is 0 Å². The lowest BCUT2D eigenvalue weighted by Crippen LogP contribution is -2.27. The third-order valence-corrected chi connectivity index (χ3v) is 3.35. The quantitative estimate of drug-likeness (QED) is 0.692. The van der Waals surface area contributed by atoms with Crippen molar-refractivity contribution in [1.82, 2.24) is 9.71 Å². The van der Waals surface area contributed by atoms with Crippen molar-refractivity contribution >= 4 is 15.8 Å². The summed E-state index contributed by atoms with van der Waals surface area (Å²) in [5.74, 6) is 0.509. The molecule has 1 aromatic heterocycles. The van der Waals surface area contributed by atoms with Gasteiger partial charge in [0.15, 0.2) is 0 Å². The van der Waals surface area contributed by atoms with E-state index in [1.807, 2.05) is 0 Å². The molecule has 0 aliphatic rings. The van der Waals surface area contributed by atoms with Crippen LogP contribution in [0.3, 0.4) is 0 Å². The summed E-state index contributed by atoms with van der Waals surface area (Å²) in [5.41, 5.74) is 0. The van der Waals surface area contributed by atoms with E-state index in [9.17, 15) is 8.42 Å². The molecule has 1 heterocycles. The fraction of sp³-hybridized carbons (Fsp3) is 0.444. The molecule has 0 saturated heterocycles. The first-order chi connectivity index (χ1) is 7.60. The average molecular weight is 245 g/mol. The smallest absolute Gasteiger partial charge is 0.240 e. The molecule has 0 aromatic carbocycles. The van der Waals surface area contributed by atoms with Gasteiger partial charge in [-0.15, -0.1) is 0 Å². The first kappa shape index (κ1) is 12.9. The van der Waals surface area contributed by atoms with Gasteiger partial charge in [0.1, 0.15) is 5.82 Å². The molecule has 90 valence electrons. The lowest BCUT2D eigenvalue weighted by Gasteiger charge is -2.07. The highest BCUT2D eigenvalue weighted by atomic mass is 32.2. The van der Waals surface area contributed by atoms with Crippen LogP contribution in [0.15, 0.2) is 23.2 Å². The van der Waals surface area contributed by atoms with Crippen molar-refractivity contribution in [2.45, 2.75) is 4.90 Å². The van der Waals surface area contributed by atoms with Crippen LogP contribution >= 0.6 is 0 Å². The van der Waals surface area contributed by atoms with Crippen LogP contribution in [0.2, 0.25) is 0 Å². The molecule has 0 spiro atoms. The van der Waals surface area contributed by atoms with Crippen molar-refractivity contribution in [2.75, 3.05) is 32.6 Å². The van der Waals surface area contributed by atoms with Gasteiger partial charge in [-0.3, -0.25) is 0 Å². The number of nitrogens with zero attached hydrogens (tertiary/aromatic N) is 1. The monoisotopic (exact) mass is 245 g/mol. The minimum Gasteiger partial charge on any atom is -0.383 e. The number of aromatic nitrogens is 1. The van der Waals surface area contributed by atoms with Gasteiger partial charge >= 0.3 is 0 Å². The van der Waals surface area contributed by atoms with Crippen molar-refractivity contribution in [3.05, 3.63) is 18.3 Å². The number of methoxy groups -OCH3 is 1. The van der Waals surface area contributed by atoms with E-state index in [1.165, 1.54) is 25.4 Å². The van der Waals surface area contributed by atoms with Crippen LogP contribution in [-0.2, 0) is 14.8 Å². The minimum absolute atomic E-state index is 0.183. The van der Waals surface area contributed by atoms with Gasteiger partial charge < -0.3 is 10.1 Å². The van der Waals surface area contributed by atoms with Crippen molar-refractivity contribution in [1.29, 1.82) is 0 Å². The van der Waals surface area contributed by atoms with Gasteiger partial charge in [-0.05, 0) is 6.07 Å². The van der Waals surface area contributed by atoms with Crippen LogP contribution in [0.4, 0.5) is 5.82 Å². The van der Waals surface area contributed by atoms with Crippen molar-refractivity contribution < 1.29 is 13.2 Å². The molecule has 0 aliphatic carbocycles. The van der Waals surface area contributed by atoms with Crippen LogP contribution in [0.1, 0.15) is 0 Å². The Hall–Kier alpha value is -1.18. The van der Waals surface area contributed by atoms with Gasteiger partial charge in [0.2, 0.25) is 10.0 Å². The Bertz CT molecular complexity index is 433. The number of sulfonamides is 1. The fourth-order valence-corrected chi connectivity index (χ4v) is 2.10. The first-order valence-corrected chi connectivity index (χ1v) is 6.21. The van der Waals surface area contributed by atoms with Crippen molar-refractivity contribution in [2.24, 2.45) is 0 Å². The number of anilines is 1. The molecule has 0 atom stereocenters.